The van der Waals surface area contributed by atoms with Gasteiger partial charge in [0.2, 0.25) is 0 Å². The van der Waals surface area contributed by atoms with Gasteiger partial charge in [-0.15, -0.1) is 0 Å². The fourth-order valence-corrected chi connectivity index (χ4v) is 1.41. The molecule has 0 aliphatic heterocycles. The average Bonchev–Trinajstić information content (AvgIpc) is 1.86. The Bertz CT molecular complexity index is 363. The maximum atomic E-state index is 10.5. The van der Waals surface area contributed by atoms with Gasteiger partial charge in [-0.2, -0.15) is 8.42 Å². The van der Waals surface area contributed by atoms with Crippen molar-refractivity contribution in [3.05, 3.63) is 29.3 Å². The summed E-state index contributed by atoms with van der Waals surface area (Å²) in [5.74, 6) is 0. The molecule has 64 valence electrons. The first-order valence-corrected chi connectivity index (χ1v) is 4.55. The van der Waals surface area contributed by atoms with Crippen LogP contribution in [0.2, 0.25) is 5.02 Å². The molecular weight excluding hydrogens is 228 g/mol. The van der Waals surface area contributed by atoms with Gasteiger partial charge in [0.05, 0.1) is 4.90 Å². The fourth-order valence-electron chi connectivity index (χ4n) is 0.627. The summed E-state index contributed by atoms with van der Waals surface area (Å²) in [7, 11) is -4.11. The molecule has 0 bridgehead atoms. The predicted octanol–water partition coefficient (Wildman–Crippen LogP) is 0.671. The van der Waals surface area contributed by atoms with E-state index in [1.54, 1.807) is 0 Å². The van der Waals surface area contributed by atoms with Gasteiger partial charge < -0.3 is 0 Å². The summed E-state index contributed by atoms with van der Waals surface area (Å²) in [6.07, 6.45) is 0. The molecule has 3 nitrogen and oxygen atoms in total. The quantitative estimate of drug-likeness (QED) is 0.574. The van der Waals surface area contributed by atoms with Crippen LogP contribution in [0.4, 0.5) is 0 Å². The van der Waals surface area contributed by atoms with Gasteiger partial charge in [-0.25, -0.2) is 0 Å². The number of hydrogen-bond acceptors (Lipinski definition) is 2. The van der Waals surface area contributed by atoms with Crippen LogP contribution in [0.3, 0.4) is 0 Å². The van der Waals surface area contributed by atoms with Crippen LogP contribution in [-0.2, 0) is 10.1 Å². The SMILES string of the molecule is O=S(=O)(O)c1cccc(Cl)c1.[CaH2]. The van der Waals surface area contributed by atoms with Crippen molar-refractivity contribution in [1.82, 2.24) is 0 Å². The van der Waals surface area contributed by atoms with E-state index >= 15 is 0 Å². The zero-order valence-electron chi connectivity index (χ0n) is 5.36. The second-order valence-corrected chi connectivity index (χ2v) is 3.79. The molecule has 1 aromatic carbocycles. The van der Waals surface area contributed by atoms with Crippen molar-refractivity contribution in [3.63, 3.8) is 0 Å². The minimum atomic E-state index is -4.11. The van der Waals surface area contributed by atoms with E-state index in [1.807, 2.05) is 0 Å². The second kappa shape index (κ2) is 4.79. The Kier molecular flexibility index (Phi) is 5.06. The van der Waals surface area contributed by atoms with Crippen molar-refractivity contribution >= 4 is 59.5 Å². The topological polar surface area (TPSA) is 54.4 Å². The fraction of sp³-hybridized carbons (Fsp3) is 0. The van der Waals surface area contributed by atoms with Crippen LogP contribution < -0.4 is 0 Å². The van der Waals surface area contributed by atoms with E-state index in [0.29, 0.717) is 0 Å². The zero-order chi connectivity index (χ0) is 8.48. The molecule has 1 N–H and O–H groups in total. The van der Waals surface area contributed by atoms with Crippen LogP contribution in [0.15, 0.2) is 29.2 Å². The van der Waals surface area contributed by atoms with Crippen LogP contribution in [-0.4, -0.2) is 50.7 Å². The molecule has 1 aromatic rings. The molecule has 0 saturated carbocycles. The first-order valence-electron chi connectivity index (χ1n) is 2.73. The first-order chi connectivity index (χ1) is 5.00. The van der Waals surface area contributed by atoms with Gasteiger partial charge in [0.1, 0.15) is 0 Å². The Hall–Kier alpha value is 0.680. The summed E-state index contributed by atoms with van der Waals surface area (Å²) in [4.78, 5) is -0.190. The Morgan fingerprint density at radius 3 is 2.25 bits per heavy atom. The van der Waals surface area contributed by atoms with Crippen LogP contribution >= 0.6 is 11.6 Å². The van der Waals surface area contributed by atoms with E-state index in [2.05, 4.69) is 0 Å². The van der Waals surface area contributed by atoms with Crippen molar-refractivity contribution in [2.75, 3.05) is 0 Å². The molecule has 0 spiro atoms. The summed E-state index contributed by atoms with van der Waals surface area (Å²) in [5, 5.41) is 0.278. The van der Waals surface area contributed by atoms with Crippen LogP contribution in [0, 0.1) is 0 Å². The molecule has 0 saturated heterocycles. The summed E-state index contributed by atoms with van der Waals surface area (Å²) in [6.45, 7) is 0. The molecule has 0 aliphatic rings. The predicted molar refractivity (Wildman–Crippen MR) is 49.8 cm³/mol. The molecule has 12 heavy (non-hydrogen) atoms. The third-order valence-electron chi connectivity index (χ3n) is 1.09. The molecule has 0 atom stereocenters. The Morgan fingerprint density at radius 1 is 1.33 bits per heavy atom. The molecular formula is C6H7CaClO3S. The Balaban J connectivity index is 0.00000121. The van der Waals surface area contributed by atoms with Crippen molar-refractivity contribution in [1.29, 1.82) is 0 Å². The van der Waals surface area contributed by atoms with Crippen molar-refractivity contribution in [3.8, 4) is 0 Å². The third kappa shape index (κ3) is 3.60. The van der Waals surface area contributed by atoms with Gasteiger partial charge in [-0.1, -0.05) is 17.7 Å². The van der Waals surface area contributed by atoms with Crippen molar-refractivity contribution in [2.45, 2.75) is 4.90 Å². The number of rotatable bonds is 1. The number of halogens is 1. The van der Waals surface area contributed by atoms with Gasteiger partial charge in [0.25, 0.3) is 10.1 Å². The summed E-state index contributed by atoms with van der Waals surface area (Å²) in [6, 6.07) is 5.42. The van der Waals surface area contributed by atoms with Crippen LogP contribution in [0.1, 0.15) is 0 Å². The Morgan fingerprint density at radius 2 is 1.92 bits per heavy atom. The summed E-state index contributed by atoms with van der Waals surface area (Å²) in [5.41, 5.74) is 0. The van der Waals surface area contributed by atoms with Crippen molar-refractivity contribution < 1.29 is 13.0 Å². The van der Waals surface area contributed by atoms with Crippen LogP contribution in [0.5, 0.6) is 0 Å². The molecule has 0 fully saturated rings. The van der Waals surface area contributed by atoms with Gasteiger partial charge in [0.15, 0.2) is 0 Å². The first kappa shape index (κ1) is 12.7. The molecule has 0 aromatic heterocycles. The van der Waals surface area contributed by atoms with E-state index in [1.165, 1.54) is 24.3 Å². The number of hydrogen-bond donors (Lipinski definition) is 1. The van der Waals surface area contributed by atoms with Gasteiger partial charge in [-0.3, -0.25) is 4.55 Å². The normalized spacial score (nSPS) is 10.5. The molecule has 0 radical (unpaired) electrons. The summed E-state index contributed by atoms with van der Waals surface area (Å²) >= 11 is 5.48. The monoisotopic (exact) mass is 234 g/mol. The van der Waals surface area contributed by atoms with E-state index in [-0.39, 0.29) is 47.7 Å². The average molecular weight is 235 g/mol. The Labute approximate surface area is 105 Å². The molecule has 1 rings (SSSR count). The van der Waals surface area contributed by atoms with E-state index in [0.717, 1.165) is 0 Å². The van der Waals surface area contributed by atoms with E-state index in [9.17, 15) is 8.42 Å². The molecule has 0 heterocycles. The molecule has 6 heteroatoms. The second-order valence-electron chi connectivity index (χ2n) is 1.93. The maximum absolute atomic E-state index is 10.5. The van der Waals surface area contributed by atoms with E-state index in [4.69, 9.17) is 16.2 Å². The van der Waals surface area contributed by atoms with Crippen LogP contribution in [0.25, 0.3) is 0 Å². The third-order valence-corrected chi connectivity index (χ3v) is 2.18. The molecule has 0 aliphatic carbocycles. The molecule has 0 unspecified atom stereocenters. The van der Waals surface area contributed by atoms with Crippen molar-refractivity contribution in [2.24, 2.45) is 0 Å². The van der Waals surface area contributed by atoms with Gasteiger partial charge in [0, 0.05) is 5.02 Å². The zero-order valence-corrected chi connectivity index (χ0v) is 6.93. The standard InChI is InChI=1S/C6H5ClO3S.Ca.2H/c7-5-2-1-3-6(4-5)11(8,9)10;;;/h1-4H,(H,8,9,10);;;. The van der Waals surface area contributed by atoms with E-state index < -0.39 is 10.1 Å². The van der Waals surface area contributed by atoms with Gasteiger partial charge in [-0.05, 0) is 18.2 Å². The number of benzene rings is 1. The minimum absolute atomic E-state index is 0. The van der Waals surface area contributed by atoms with Gasteiger partial charge >= 0.3 is 37.7 Å². The molecule has 0 amide bonds. The summed E-state index contributed by atoms with van der Waals surface area (Å²) < 4.78 is 29.5.